The first-order valence-corrected chi connectivity index (χ1v) is 6.92. The van der Waals surface area contributed by atoms with E-state index in [1.54, 1.807) is 6.07 Å². The number of hydrogen-bond acceptors (Lipinski definition) is 5. The van der Waals surface area contributed by atoms with E-state index in [0.29, 0.717) is 12.2 Å². The predicted octanol–water partition coefficient (Wildman–Crippen LogP) is 3.38. The van der Waals surface area contributed by atoms with E-state index in [4.69, 9.17) is 5.26 Å². The lowest BCUT2D eigenvalue weighted by atomic mass is 10.1. The van der Waals surface area contributed by atoms with Crippen LogP contribution in [0.2, 0.25) is 0 Å². The molecule has 0 saturated heterocycles. The molecule has 0 aliphatic carbocycles. The summed E-state index contributed by atoms with van der Waals surface area (Å²) < 4.78 is 0. The van der Waals surface area contributed by atoms with Gasteiger partial charge in [-0.1, -0.05) is 18.2 Å². The number of hydrogen-bond donors (Lipinski definition) is 2. The molecule has 22 heavy (non-hydrogen) atoms. The zero-order valence-electron chi connectivity index (χ0n) is 12.0. The van der Waals surface area contributed by atoms with Gasteiger partial charge in [-0.05, 0) is 30.7 Å². The average molecular weight is 296 g/mol. The van der Waals surface area contributed by atoms with Crippen molar-refractivity contribution >= 4 is 17.1 Å². The first-order chi connectivity index (χ1) is 10.7. The van der Waals surface area contributed by atoms with Gasteiger partial charge >= 0.3 is 0 Å². The van der Waals surface area contributed by atoms with Gasteiger partial charge in [-0.15, -0.1) is 0 Å². The Morgan fingerprint density at radius 1 is 1.05 bits per heavy atom. The highest BCUT2D eigenvalue weighted by Gasteiger charge is 2.13. The number of nitro groups is 1. The van der Waals surface area contributed by atoms with Crippen LogP contribution < -0.4 is 10.6 Å². The fraction of sp³-hybridized carbons (Fsp3) is 0.188. The molecule has 0 aromatic heterocycles. The third kappa shape index (κ3) is 4.21. The fourth-order valence-corrected chi connectivity index (χ4v) is 2.00. The summed E-state index contributed by atoms with van der Waals surface area (Å²) in [6.07, 6.45) is 0.883. The number of rotatable bonds is 7. The summed E-state index contributed by atoms with van der Waals surface area (Å²) >= 11 is 0. The highest BCUT2D eigenvalue weighted by Crippen LogP contribution is 2.21. The number of nitro benzene ring substituents is 1. The van der Waals surface area contributed by atoms with Gasteiger partial charge in [0.25, 0.3) is 5.69 Å². The molecule has 0 amide bonds. The van der Waals surface area contributed by atoms with E-state index >= 15 is 0 Å². The van der Waals surface area contributed by atoms with Crippen molar-refractivity contribution in [2.75, 3.05) is 23.7 Å². The van der Waals surface area contributed by atoms with Crippen LogP contribution in [0.3, 0.4) is 0 Å². The second-order valence-corrected chi connectivity index (χ2v) is 4.67. The molecule has 6 nitrogen and oxygen atoms in total. The van der Waals surface area contributed by atoms with Crippen LogP contribution in [0.5, 0.6) is 0 Å². The molecular formula is C16H16N4O2. The molecule has 0 saturated carbocycles. The zero-order valence-corrected chi connectivity index (χ0v) is 12.0. The van der Waals surface area contributed by atoms with Crippen LogP contribution in [0.1, 0.15) is 12.0 Å². The lowest BCUT2D eigenvalue weighted by Gasteiger charge is -2.08. The minimum atomic E-state index is -0.549. The molecule has 0 atom stereocenters. The number of para-hydroxylation sites is 1. The lowest BCUT2D eigenvalue weighted by Crippen LogP contribution is -2.09. The van der Waals surface area contributed by atoms with Gasteiger partial charge in [0.2, 0.25) is 0 Å². The van der Waals surface area contributed by atoms with E-state index < -0.39 is 4.92 Å². The van der Waals surface area contributed by atoms with Gasteiger partial charge < -0.3 is 10.6 Å². The quantitative estimate of drug-likeness (QED) is 0.464. The van der Waals surface area contributed by atoms with Crippen LogP contribution in [-0.2, 0) is 0 Å². The Bertz CT molecular complexity index is 680. The van der Waals surface area contributed by atoms with Gasteiger partial charge in [0, 0.05) is 30.5 Å². The highest BCUT2D eigenvalue weighted by atomic mass is 16.6. The Morgan fingerprint density at radius 2 is 1.73 bits per heavy atom. The second kappa shape index (κ2) is 7.64. The smallest absolute Gasteiger partial charge is 0.287 e. The summed E-state index contributed by atoms with van der Waals surface area (Å²) in [5.41, 5.74) is 1.68. The molecule has 2 rings (SSSR count). The van der Waals surface area contributed by atoms with Crippen molar-refractivity contribution < 1.29 is 4.92 Å². The summed E-state index contributed by atoms with van der Waals surface area (Å²) in [5, 5.41) is 26.1. The predicted molar refractivity (Wildman–Crippen MR) is 85.8 cm³/mol. The van der Waals surface area contributed by atoms with Crippen molar-refractivity contribution in [2.24, 2.45) is 0 Å². The molecule has 112 valence electrons. The van der Waals surface area contributed by atoms with Crippen molar-refractivity contribution in [3.05, 3.63) is 64.2 Å². The summed E-state index contributed by atoms with van der Waals surface area (Å²) in [6.45, 7) is 1.53. The number of nitrogens with one attached hydrogen (secondary N) is 2. The number of anilines is 2. The summed E-state index contributed by atoms with van der Waals surface area (Å²) in [5.74, 6) is 0. The molecule has 0 spiro atoms. The van der Waals surface area contributed by atoms with Gasteiger partial charge in [-0.3, -0.25) is 10.1 Å². The van der Waals surface area contributed by atoms with Gasteiger partial charge in [0.1, 0.15) is 11.6 Å². The van der Waals surface area contributed by atoms with Crippen molar-refractivity contribution in [3.8, 4) is 6.07 Å². The molecule has 2 N–H and O–H groups in total. The Morgan fingerprint density at radius 3 is 2.36 bits per heavy atom. The van der Waals surface area contributed by atoms with Gasteiger partial charge in [-0.2, -0.15) is 5.26 Å². The molecule has 2 aromatic rings. The maximum atomic E-state index is 10.8. The Kier molecular flexibility index (Phi) is 5.32. The van der Waals surface area contributed by atoms with Crippen molar-refractivity contribution in [2.45, 2.75) is 6.42 Å². The van der Waals surface area contributed by atoms with Gasteiger partial charge in [0.05, 0.1) is 4.92 Å². The zero-order chi connectivity index (χ0) is 15.8. The van der Waals surface area contributed by atoms with E-state index in [-0.39, 0.29) is 11.3 Å². The third-order valence-corrected chi connectivity index (χ3v) is 3.10. The molecule has 0 heterocycles. The van der Waals surface area contributed by atoms with E-state index in [1.165, 1.54) is 12.1 Å². The molecule has 0 aliphatic heterocycles. The molecule has 0 fully saturated rings. The van der Waals surface area contributed by atoms with Crippen LogP contribution in [0.15, 0.2) is 48.5 Å². The maximum Gasteiger partial charge on any atom is 0.287 e. The Balaban J connectivity index is 1.80. The molecule has 0 aliphatic rings. The topological polar surface area (TPSA) is 91.0 Å². The first kappa shape index (κ1) is 15.3. The van der Waals surface area contributed by atoms with E-state index in [0.717, 1.165) is 18.7 Å². The summed E-state index contributed by atoms with van der Waals surface area (Å²) in [4.78, 5) is 10.2. The van der Waals surface area contributed by atoms with Gasteiger partial charge in [-0.25, -0.2) is 0 Å². The fourth-order valence-electron chi connectivity index (χ4n) is 2.00. The van der Waals surface area contributed by atoms with Crippen LogP contribution >= 0.6 is 0 Å². The number of benzene rings is 2. The first-order valence-electron chi connectivity index (χ1n) is 6.92. The molecule has 0 unspecified atom stereocenters. The standard InChI is InChI=1S/C16H16N4O2/c17-12-13-11-15(7-8-16(13)20(21)22)19-10-4-9-18-14-5-2-1-3-6-14/h1-3,5-8,11,18-19H,4,9-10H2. The monoisotopic (exact) mass is 296 g/mol. The van der Waals surface area contributed by atoms with Crippen LogP contribution in [0.4, 0.5) is 17.1 Å². The summed E-state index contributed by atoms with van der Waals surface area (Å²) in [6, 6.07) is 16.2. The molecule has 0 radical (unpaired) electrons. The van der Waals surface area contributed by atoms with Crippen LogP contribution in [0.25, 0.3) is 0 Å². The lowest BCUT2D eigenvalue weighted by molar-refractivity contribution is -0.385. The second-order valence-electron chi connectivity index (χ2n) is 4.67. The Hall–Kier alpha value is -3.07. The van der Waals surface area contributed by atoms with Crippen LogP contribution in [-0.4, -0.2) is 18.0 Å². The van der Waals surface area contributed by atoms with Crippen molar-refractivity contribution in [1.82, 2.24) is 0 Å². The average Bonchev–Trinajstić information content (AvgIpc) is 2.55. The van der Waals surface area contributed by atoms with Gasteiger partial charge in [0.15, 0.2) is 0 Å². The SMILES string of the molecule is N#Cc1cc(NCCCNc2ccccc2)ccc1[N+](=O)[O-]. The molecule has 2 aromatic carbocycles. The minimum Gasteiger partial charge on any atom is -0.385 e. The number of nitriles is 1. The van der Waals surface area contributed by atoms with E-state index in [9.17, 15) is 10.1 Å². The van der Waals surface area contributed by atoms with E-state index in [1.807, 2.05) is 36.4 Å². The van der Waals surface area contributed by atoms with Crippen LogP contribution in [0, 0.1) is 21.4 Å². The minimum absolute atomic E-state index is 0.0670. The maximum absolute atomic E-state index is 10.8. The molecular weight excluding hydrogens is 280 g/mol. The van der Waals surface area contributed by atoms with E-state index in [2.05, 4.69) is 10.6 Å². The van der Waals surface area contributed by atoms with Crippen molar-refractivity contribution in [1.29, 1.82) is 5.26 Å². The highest BCUT2D eigenvalue weighted by molar-refractivity contribution is 5.58. The Labute approximate surface area is 128 Å². The molecule has 0 bridgehead atoms. The molecule has 6 heteroatoms. The third-order valence-electron chi connectivity index (χ3n) is 3.10. The van der Waals surface area contributed by atoms with Crippen molar-refractivity contribution in [3.63, 3.8) is 0 Å². The largest absolute Gasteiger partial charge is 0.385 e. The number of nitrogens with zero attached hydrogens (tertiary/aromatic N) is 2. The summed E-state index contributed by atoms with van der Waals surface area (Å²) in [7, 11) is 0. The normalized spacial score (nSPS) is 9.77.